The van der Waals surface area contributed by atoms with Gasteiger partial charge in [0.15, 0.2) is 0 Å². The summed E-state index contributed by atoms with van der Waals surface area (Å²) in [6.07, 6.45) is 0. The van der Waals surface area contributed by atoms with Gasteiger partial charge in [0.05, 0.1) is 0 Å². The van der Waals surface area contributed by atoms with E-state index in [2.05, 4.69) is 0 Å². The van der Waals surface area contributed by atoms with Crippen molar-refractivity contribution in [3.8, 4) is 5.75 Å². The van der Waals surface area contributed by atoms with E-state index in [9.17, 15) is 14.7 Å². The van der Waals surface area contributed by atoms with Crippen LogP contribution in [0.5, 0.6) is 5.75 Å². The molecule has 0 bridgehead atoms. The highest BCUT2D eigenvalue weighted by Crippen LogP contribution is 2.24. The largest absolute Gasteiger partial charge is 0.508 e. The minimum Gasteiger partial charge on any atom is -0.508 e. The Hall–Kier alpha value is -1.99. The number of phenols is 1. The highest BCUT2D eigenvalue weighted by Gasteiger charge is 2.12. The number of fused-ring (bicyclic) bond motifs is 1. The summed E-state index contributed by atoms with van der Waals surface area (Å²) in [4.78, 5) is 22.1. The first-order valence-corrected chi connectivity index (χ1v) is 6.94. The molecule has 0 saturated carbocycles. The summed E-state index contributed by atoms with van der Waals surface area (Å²) in [5.41, 5.74) is 5.92. The summed E-state index contributed by atoms with van der Waals surface area (Å²) >= 11 is 1.32. The van der Waals surface area contributed by atoms with Crippen molar-refractivity contribution in [3.63, 3.8) is 0 Å². The van der Waals surface area contributed by atoms with E-state index in [1.807, 2.05) is 0 Å². The van der Waals surface area contributed by atoms with Crippen LogP contribution in [-0.4, -0.2) is 28.0 Å². The van der Waals surface area contributed by atoms with Crippen LogP contribution in [0, 0.1) is 0 Å². The second kappa shape index (κ2) is 5.98. The number of rotatable bonds is 5. The topological polar surface area (TPSA) is 114 Å². The minimum atomic E-state index is -1.06. The van der Waals surface area contributed by atoms with E-state index in [1.165, 1.54) is 30.0 Å². The Kier molecular flexibility index (Phi) is 4.31. The lowest BCUT2D eigenvalue weighted by Crippen LogP contribution is -2.32. The first-order valence-electron chi connectivity index (χ1n) is 5.79. The Morgan fingerprint density at radius 2 is 2.15 bits per heavy atom. The van der Waals surface area contributed by atoms with E-state index in [0.717, 1.165) is 5.56 Å². The minimum absolute atomic E-state index is 0.0124. The van der Waals surface area contributed by atoms with Crippen LogP contribution >= 0.6 is 11.8 Å². The Balaban J connectivity index is 2.21. The van der Waals surface area contributed by atoms with Crippen molar-refractivity contribution >= 4 is 28.7 Å². The molecule has 0 aliphatic heterocycles. The normalized spacial score (nSPS) is 12.4. The van der Waals surface area contributed by atoms with E-state index in [-0.39, 0.29) is 11.5 Å². The number of hydrogen-bond donors (Lipinski definition) is 3. The molecule has 1 heterocycles. The predicted octanol–water partition coefficient (Wildman–Crippen LogP) is 1.14. The molecule has 6 nitrogen and oxygen atoms in total. The summed E-state index contributed by atoms with van der Waals surface area (Å²) in [5.74, 6) is -0.360. The van der Waals surface area contributed by atoms with E-state index in [0.29, 0.717) is 16.7 Å². The zero-order valence-corrected chi connectivity index (χ0v) is 11.2. The lowest BCUT2D eigenvalue weighted by atomic mass is 10.1. The van der Waals surface area contributed by atoms with Crippen LogP contribution in [0.1, 0.15) is 5.56 Å². The van der Waals surface area contributed by atoms with Gasteiger partial charge in [0.2, 0.25) is 0 Å². The number of aromatic hydroxyl groups is 1. The van der Waals surface area contributed by atoms with Gasteiger partial charge in [0, 0.05) is 29.0 Å². The van der Waals surface area contributed by atoms with E-state index >= 15 is 0 Å². The summed E-state index contributed by atoms with van der Waals surface area (Å²) in [7, 11) is 0. The summed E-state index contributed by atoms with van der Waals surface area (Å²) in [6, 6.07) is 4.95. The monoisotopic (exact) mass is 295 g/mol. The Morgan fingerprint density at radius 3 is 2.85 bits per heavy atom. The first kappa shape index (κ1) is 14.4. The van der Waals surface area contributed by atoms with Crippen molar-refractivity contribution in [3.05, 3.63) is 40.2 Å². The molecular formula is C13H13NO5S. The third-order valence-corrected chi connectivity index (χ3v) is 3.80. The molecule has 7 heteroatoms. The highest BCUT2D eigenvalue weighted by atomic mass is 32.2. The van der Waals surface area contributed by atoms with Gasteiger partial charge in [0.25, 0.3) is 0 Å². The fraction of sp³-hybridized carbons (Fsp3) is 0.231. The quantitative estimate of drug-likeness (QED) is 0.709. The van der Waals surface area contributed by atoms with Crippen molar-refractivity contribution in [1.29, 1.82) is 0 Å². The second-order valence-corrected chi connectivity index (χ2v) is 5.26. The third-order valence-electron chi connectivity index (χ3n) is 2.69. The molecule has 1 aromatic heterocycles. The molecule has 0 spiro atoms. The molecule has 2 aromatic rings. The number of phenolic OH excluding ortho intramolecular Hbond substituents is 1. The van der Waals surface area contributed by atoms with Crippen molar-refractivity contribution < 1.29 is 19.4 Å². The van der Waals surface area contributed by atoms with Crippen LogP contribution in [0.2, 0.25) is 0 Å². The molecule has 0 fully saturated rings. The van der Waals surface area contributed by atoms with Gasteiger partial charge in [-0.1, -0.05) is 0 Å². The average Bonchev–Trinajstić information content (AvgIpc) is 2.37. The van der Waals surface area contributed by atoms with Crippen LogP contribution in [0.4, 0.5) is 0 Å². The molecule has 0 saturated heterocycles. The van der Waals surface area contributed by atoms with Crippen molar-refractivity contribution in [2.24, 2.45) is 5.73 Å². The van der Waals surface area contributed by atoms with Gasteiger partial charge in [0.1, 0.15) is 17.4 Å². The van der Waals surface area contributed by atoms with E-state index < -0.39 is 17.6 Å². The van der Waals surface area contributed by atoms with Gasteiger partial charge in [-0.05, 0) is 17.7 Å². The predicted molar refractivity (Wildman–Crippen MR) is 75.9 cm³/mol. The maximum atomic E-state index is 11.4. The molecule has 20 heavy (non-hydrogen) atoms. The SMILES string of the molecule is NC(CSCc1cc(=O)oc2cc(O)ccc12)C(=O)O. The number of carboxylic acid groups (broad SMARTS) is 1. The molecular weight excluding hydrogens is 282 g/mol. The molecule has 0 aliphatic carbocycles. The highest BCUT2D eigenvalue weighted by molar-refractivity contribution is 7.98. The number of thioether (sulfide) groups is 1. The van der Waals surface area contributed by atoms with Crippen molar-refractivity contribution in [2.75, 3.05) is 5.75 Å². The third kappa shape index (κ3) is 3.31. The average molecular weight is 295 g/mol. The van der Waals surface area contributed by atoms with Crippen LogP contribution in [-0.2, 0) is 10.5 Å². The van der Waals surface area contributed by atoms with Crippen molar-refractivity contribution in [1.82, 2.24) is 0 Å². The fourth-order valence-corrected chi connectivity index (χ4v) is 2.68. The maximum Gasteiger partial charge on any atom is 0.336 e. The molecule has 4 N–H and O–H groups in total. The molecule has 0 aliphatic rings. The number of carboxylic acids is 1. The molecule has 1 atom stereocenters. The van der Waals surface area contributed by atoms with Gasteiger partial charge in [-0.15, -0.1) is 0 Å². The van der Waals surface area contributed by atoms with Gasteiger partial charge in [-0.2, -0.15) is 11.8 Å². The molecule has 2 rings (SSSR count). The van der Waals surface area contributed by atoms with Crippen LogP contribution in [0.3, 0.4) is 0 Å². The number of hydrogen-bond acceptors (Lipinski definition) is 6. The van der Waals surface area contributed by atoms with Crippen LogP contribution in [0.25, 0.3) is 11.0 Å². The smallest absolute Gasteiger partial charge is 0.336 e. The Bertz CT molecular complexity index is 697. The molecule has 1 unspecified atom stereocenters. The zero-order chi connectivity index (χ0) is 14.7. The Labute approximate surface area is 118 Å². The molecule has 0 amide bonds. The van der Waals surface area contributed by atoms with Gasteiger partial charge < -0.3 is 20.4 Å². The lowest BCUT2D eigenvalue weighted by Gasteiger charge is -2.07. The van der Waals surface area contributed by atoms with Crippen molar-refractivity contribution in [2.45, 2.75) is 11.8 Å². The molecule has 106 valence electrons. The van der Waals surface area contributed by atoms with Gasteiger partial charge in [-0.3, -0.25) is 4.79 Å². The number of aliphatic carboxylic acids is 1. The van der Waals surface area contributed by atoms with E-state index in [1.54, 1.807) is 6.07 Å². The number of carbonyl (C=O) groups is 1. The van der Waals surface area contributed by atoms with Crippen LogP contribution < -0.4 is 11.4 Å². The summed E-state index contributed by atoms with van der Waals surface area (Å²) < 4.78 is 5.01. The van der Waals surface area contributed by atoms with Gasteiger partial charge >= 0.3 is 11.6 Å². The number of nitrogens with two attached hydrogens (primary N) is 1. The fourth-order valence-electron chi connectivity index (χ4n) is 1.71. The van der Waals surface area contributed by atoms with Crippen LogP contribution in [0.15, 0.2) is 33.5 Å². The molecule has 0 radical (unpaired) electrons. The summed E-state index contributed by atoms with van der Waals surface area (Å²) in [5, 5.41) is 18.8. The summed E-state index contributed by atoms with van der Waals surface area (Å²) in [6.45, 7) is 0. The van der Waals surface area contributed by atoms with Gasteiger partial charge in [-0.25, -0.2) is 4.79 Å². The first-order chi connectivity index (χ1) is 9.47. The Morgan fingerprint density at radius 1 is 1.40 bits per heavy atom. The molecule has 1 aromatic carbocycles. The second-order valence-electron chi connectivity index (χ2n) is 4.23. The zero-order valence-electron chi connectivity index (χ0n) is 10.4. The lowest BCUT2D eigenvalue weighted by molar-refractivity contribution is -0.137. The number of benzene rings is 1. The van der Waals surface area contributed by atoms with E-state index in [4.69, 9.17) is 15.3 Å². The standard InChI is InChI=1S/C13H13NO5S/c14-10(13(17)18)6-20-5-7-3-12(16)19-11-4-8(15)1-2-9(7)11/h1-4,10,15H,5-6,14H2,(H,17,18). The maximum absolute atomic E-state index is 11.4.